The van der Waals surface area contributed by atoms with Crippen LogP contribution in [0.15, 0.2) is 12.7 Å². The fourth-order valence-corrected chi connectivity index (χ4v) is 0.327. The van der Waals surface area contributed by atoms with Crippen LogP contribution < -0.4 is 5.73 Å². The zero-order valence-electron chi connectivity index (χ0n) is 5.25. The molecule has 3 heteroatoms. The van der Waals surface area contributed by atoms with Crippen LogP contribution >= 0.6 is 0 Å². The Morgan fingerprint density at radius 1 is 1.78 bits per heavy atom. The molecular formula is C6H11NO2. The van der Waals surface area contributed by atoms with E-state index >= 15 is 0 Å². The minimum Gasteiger partial charge on any atom is -0.375 e. The van der Waals surface area contributed by atoms with Gasteiger partial charge in [0.25, 0.3) is 0 Å². The Hall–Kier alpha value is -0.670. The Kier molecular flexibility index (Phi) is 5.06. The van der Waals surface area contributed by atoms with Crippen LogP contribution in [0.4, 0.5) is 0 Å². The van der Waals surface area contributed by atoms with Gasteiger partial charge in [0.2, 0.25) is 0 Å². The Morgan fingerprint density at radius 3 is 2.89 bits per heavy atom. The third kappa shape index (κ3) is 5.20. The second-order valence-corrected chi connectivity index (χ2v) is 1.63. The van der Waals surface area contributed by atoms with Crippen molar-refractivity contribution < 1.29 is 9.53 Å². The van der Waals surface area contributed by atoms with E-state index in [0.29, 0.717) is 12.9 Å². The molecule has 0 unspecified atom stereocenters. The van der Waals surface area contributed by atoms with E-state index in [1.807, 2.05) is 0 Å². The lowest BCUT2D eigenvalue weighted by atomic mass is 10.4. The zero-order chi connectivity index (χ0) is 7.11. The molecule has 0 saturated carbocycles. The maximum Gasteiger partial charge on any atom is 0.139 e. The number of nitrogens with two attached hydrogens (primary N) is 1. The van der Waals surface area contributed by atoms with Crippen LogP contribution in [0.3, 0.4) is 0 Å². The summed E-state index contributed by atoms with van der Waals surface area (Å²) in [5.41, 5.74) is 5.19. The second kappa shape index (κ2) is 5.47. The average Bonchev–Trinajstić information content (AvgIpc) is 1.89. The quantitative estimate of drug-likeness (QED) is 0.315. The molecule has 0 radical (unpaired) electrons. The van der Waals surface area contributed by atoms with Gasteiger partial charge in [-0.25, -0.2) is 0 Å². The number of carbonyl (C=O) groups excluding carboxylic acids is 1. The van der Waals surface area contributed by atoms with Gasteiger partial charge >= 0.3 is 0 Å². The molecule has 9 heavy (non-hydrogen) atoms. The molecule has 0 aliphatic heterocycles. The van der Waals surface area contributed by atoms with Gasteiger partial charge in [-0.3, -0.25) is 0 Å². The van der Waals surface area contributed by atoms with Gasteiger partial charge in [-0.1, -0.05) is 6.08 Å². The average molecular weight is 129 g/mol. The number of carbonyl (C=O) groups is 1. The summed E-state index contributed by atoms with van der Waals surface area (Å²) in [5, 5.41) is 0. The van der Waals surface area contributed by atoms with E-state index in [4.69, 9.17) is 10.5 Å². The Bertz CT molecular complexity index is 93.1. The molecule has 0 aromatic rings. The molecule has 0 spiro atoms. The zero-order valence-corrected chi connectivity index (χ0v) is 5.25. The molecule has 0 fully saturated rings. The van der Waals surface area contributed by atoms with Crippen molar-refractivity contribution in [3.05, 3.63) is 12.7 Å². The normalized spacial score (nSPS) is 12.6. The van der Waals surface area contributed by atoms with Gasteiger partial charge in [-0.2, -0.15) is 0 Å². The first kappa shape index (κ1) is 8.33. The second-order valence-electron chi connectivity index (χ2n) is 1.63. The van der Waals surface area contributed by atoms with Crippen molar-refractivity contribution in [2.45, 2.75) is 6.04 Å². The summed E-state index contributed by atoms with van der Waals surface area (Å²) in [6, 6.07) is -0.495. The lowest BCUT2D eigenvalue weighted by molar-refractivity contribution is -0.110. The van der Waals surface area contributed by atoms with Crippen LogP contribution in [0.5, 0.6) is 0 Å². The van der Waals surface area contributed by atoms with E-state index in [9.17, 15) is 4.79 Å². The molecule has 0 aromatic heterocycles. The summed E-state index contributed by atoms with van der Waals surface area (Å²) in [5.74, 6) is 0. The number of hydrogen-bond acceptors (Lipinski definition) is 3. The van der Waals surface area contributed by atoms with E-state index < -0.39 is 6.04 Å². The molecule has 0 saturated heterocycles. The minimum atomic E-state index is -0.495. The molecule has 0 bridgehead atoms. The van der Waals surface area contributed by atoms with E-state index in [1.54, 1.807) is 6.08 Å². The number of rotatable bonds is 5. The highest BCUT2D eigenvalue weighted by Gasteiger charge is 1.96. The molecule has 3 nitrogen and oxygen atoms in total. The Balaban J connectivity index is 3.05. The molecule has 0 aliphatic rings. The van der Waals surface area contributed by atoms with E-state index in [1.165, 1.54) is 0 Å². The van der Waals surface area contributed by atoms with Gasteiger partial charge in [0.05, 0.1) is 19.3 Å². The summed E-state index contributed by atoms with van der Waals surface area (Å²) in [4.78, 5) is 9.87. The molecule has 0 amide bonds. The van der Waals surface area contributed by atoms with Crippen LogP contribution in [0.2, 0.25) is 0 Å². The first-order chi connectivity index (χ1) is 4.31. The molecular weight excluding hydrogens is 118 g/mol. The van der Waals surface area contributed by atoms with Crippen LogP contribution in [0.1, 0.15) is 0 Å². The lowest BCUT2D eigenvalue weighted by Gasteiger charge is -2.01. The Labute approximate surface area is 54.5 Å². The predicted octanol–water partition coefficient (Wildman–Crippen LogP) is -0.285. The molecule has 0 aromatic carbocycles. The van der Waals surface area contributed by atoms with E-state index in [2.05, 4.69) is 6.58 Å². The van der Waals surface area contributed by atoms with Crippen molar-refractivity contribution in [3.8, 4) is 0 Å². The van der Waals surface area contributed by atoms with Gasteiger partial charge in [0, 0.05) is 0 Å². The maximum atomic E-state index is 9.87. The van der Waals surface area contributed by atoms with Crippen molar-refractivity contribution in [1.29, 1.82) is 0 Å². The third-order valence-corrected chi connectivity index (χ3v) is 0.721. The molecule has 0 rings (SSSR count). The van der Waals surface area contributed by atoms with E-state index in [0.717, 1.165) is 0 Å². The van der Waals surface area contributed by atoms with Gasteiger partial charge in [0.1, 0.15) is 6.29 Å². The molecule has 0 aliphatic carbocycles. The lowest BCUT2D eigenvalue weighted by Crippen LogP contribution is -2.27. The van der Waals surface area contributed by atoms with Gasteiger partial charge in [-0.15, -0.1) is 6.58 Å². The van der Waals surface area contributed by atoms with Gasteiger partial charge < -0.3 is 15.3 Å². The predicted molar refractivity (Wildman–Crippen MR) is 35.1 cm³/mol. The smallest absolute Gasteiger partial charge is 0.139 e. The number of hydrogen-bond donors (Lipinski definition) is 1. The summed E-state index contributed by atoms with van der Waals surface area (Å²) in [6.07, 6.45) is 2.26. The van der Waals surface area contributed by atoms with Crippen molar-refractivity contribution in [3.63, 3.8) is 0 Å². The number of aldehydes is 1. The van der Waals surface area contributed by atoms with Crippen LogP contribution in [0.25, 0.3) is 0 Å². The fourth-order valence-electron chi connectivity index (χ4n) is 0.327. The van der Waals surface area contributed by atoms with Gasteiger partial charge in [-0.05, 0) is 0 Å². The van der Waals surface area contributed by atoms with Crippen LogP contribution in [0, 0.1) is 0 Å². The highest BCUT2D eigenvalue weighted by atomic mass is 16.5. The summed E-state index contributed by atoms with van der Waals surface area (Å²) in [6.45, 7) is 4.15. The Morgan fingerprint density at radius 2 is 2.44 bits per heavy atom. The standard InChI is InChI=1S/C6H11NO2/c1-2-3-9-5-6(7)4-8/h2,4,6H,1,3,5,7H2/t6-/m1/s1. The summed E-state index contributed by atoms with van der Waals surface area (Å²) >= 11 is 0. The monoisotopic (exact) mass is 129 g/mol. The summed E-state index contributed by atoms with van der Waals surface area (Å²) in [7, 11) is 0. The topological polar surface area (TPSA) is 52.3 Å². The molecule has 0 heterocycles. The fraction of sp³-hybridized carbons (Fsp3) is 0.500. The van der Waals surface area contributed by atoms with Crippen LogP contribution in [-0.2, 0) is 9.53 Å². The number of ether oxygens (including phenoxy) is 1. The highest BCUT2D eigenvalue weighted by Crippen LogP contribution is 1.77. The first-order valence-electron chi connectivity index (χ1n) is 2.70. The van der Waals surface area contributed by atoms with Crippen molar-refractivity contribution in [2.24, 2.45) is 5.73 Å². The van der Waals surface area contributed by atoms with Crippen molar-refractivity contribution in [1.82, 2.24) is 0 Å². The van der Waals surface area contributed by atoms with Crippen LogP contribution in [-0.4, -0.2) is 25.5 Å². The third-order valence-electron chi connectivity index (χ3n) is 0.721. The molecule has 2 N–H and O–H groups in total. The maximum absolute atomic E-state index is 9.87. The van der Waals surface area contributed by atoms with Crippen molar-refractivity contribution in [2.75, 3.05) is 13.2 Å². The first-order valence-corrected chi connectivity index (χ1v) is 2.70. The minimum absolute atomic E-state index is 0.273. The molecule has 52 valence electrons. The van der Waals surface area contributed by atoms with Gasteiger partial charge in [0.15, 0.2) is 0 Å². The summed E-state index contributed by atoms with van der Waals surface area (Å²) < 4.78 is 4.86. The molecule has 1 atom stereocenters. The highest BCUT2D eigenvalue weighted by molar-refractivity contribution is 5.57. The SMILES string of the molecule is C=CCOC[C@H](N)C=O. The van der Waals surface area contributed by atoms with E-state index in [-0.39, 0.29) is 6.61 Å². The van der Waals surface area contributed by atoms with Crippen molar-refractivity contribution >= 4 is 6.29 Å². The largest absolute Gasteiger partial charge is 0.375 e.